The SMILES string of the molecule is C[C@H]([C]1[C](C=O)[CH][CH][C]1[Si](C)(C)C)N(C)C. The Morgan fingerprint density at radius 1 is 1.25 bits per heavy atom. The fourth-order valence-corrected chi connectivity index (χ4v) is 3.73. The average molecular weight is 236 g/mol. The van der Waals surface area contributed by atoms with E-state index in [4.69, 9.17) is 0 Å². The molecule has 1 saturated carbocycles. The van der Waals surface area contributed by atoms with Gasteiger partial charge in [-0.25, -0.2) is 0 Å². The molecule has 0 spiro atoms. The van der Waals surface area contributed by atoms with Gasteiger partial charge in [0.05, 0.1) is 14.0 Å². The van der Waals surface area contributed by atoms with E-state index < -0.39 is 8.07 Å². The zero-order chi connectivity index (χ0) is 12.5. The van der Waals surface area contributed by atoms with Gasteiger partial charge in [-0.05, 0) is 39.4 Å². The van der Waals surface area contributed by atoms with Gasteiger partial charge < -0.3 is 9.69 Å². The lowest BCUT2D eigenvalue weighted by Crippen LogP contribution is -2.42. The molecular formula is C13H22NOSi. The minimum Gasteiger partial charge on any atom is -0.306 e. The van der Waals surface area contributed by atoms with Crippen molar-refractivity contribution >= 4 is 14.4 Å². The maximum absolute atomic E-state index is 11.1. The number of rotatable bonds is 4. The van der Waals surface area contributed by atoms with Gasteiger partial charge in [0.1, 0.15) is 6.29 Å². The van der Waals surface area contributed by atoms with Crippen molar-refractivity contribution in [2.45, 2.75) is 32.6 Å². The van der Waals surface area contributed by atoms with E-state index in [0.29, 0.717) is 6.04 Å². The van der Waals surface area contributed by atoms with Crippen LogP contribution in [0, 0.1) is 30.2 Å². The topological polar surface area (TPSA) is 20.3 Å². The molecule has 0 aromatic carbocycles. The van der Waals surface area contributed by atoms with Crippen LogP contribution in [0.1, 0.15) is 6.92 Å². The van der Waals surface area contributed by atoms with Gasteiger partial charge in [0.25, 0.3) is 0 Å². The summed E-state index contributed by atoms with van der Waals surface area (Å²) in [4.78, 5) is 13.3. The van der Waals surface area contributed by atoms with Crippen molar-refractivity contribution < 1.29 is 4.79 Å². The smallest absolute Gasteiger partial charge is 0.128 e. The summed E-state index contributed by atoms with van der Waals surface area (Å²) >= 11 is 0. The molecule has 1 atom stereocenters. The van der Waals surface area contributed by atoms with Crippen molar-refractivity contribution in [3.05, 3.63) is 30.2 Å². The molecule has 5 radical (unpaired) electrons. The molecule has 0 aromatic heterocycles. The second kappa shape index (κ2) is 5.01. The minimum absolute atomic E-state index is 0.303. The first-order valence-electron chi connectivity index (χ1n) is 5.70. The molecule has 16 heavy (non-hydrogen) atoms. The van der Waals surface area contributed by atoms with E-state index in [9.17, 15) is 4.79 Å². The highest BCUT2D eigenvalue weighted by atomic mass is 28.3. The van der Waals surface area contributed by atoms with Crippen LogP contribution in [0.4, 0.5) is 0 Å². The molecule has 0 unspecified atom stereocenters. The molecule has 1 rings (SSSR count). The van der Waals surface area contributed by atoms with Crippen LogP contribution >= 0.6 is 0 Å². The first-order valence-corrected chi connectivity index (χ1v) is 9.20. The summed E-state index contributed by atoms with van der Waals surface area (Å²) in [5.74, 6) is 2.10. The van der Waals surface area contributed by atoms with Gasteiger partial charge in [0.2, 0.25) is 0 Å². The van der Waals surface area contributed by atoms with Crippen LogP contribution in [0.3, 0.4) is 0 Å². The summed E-state index contributed by atoms with van der Waals surface area (Å²) in [6, 6.07) is 0.303. The van der Waals surface area contributed by atoms with E-state index >= 15 is 0 Å². The van der Waals surface area contributed by atoms with Gasteiger partial charge in [-0.15, -0.1) is 0 Å². The summed E-state index contributed by atoms with van der Waals surface area (Å²) in [7, 11) is 2.74. The summed E-state index contributed by atoms with van der Waals surface area (Å²) in [5, 5.41) is 0. The zero-order valence-corrected chi connectivity index (χ0v) is 12.2. The highest BCUT2D eigenvalue weighted by Crippen LogP contribution is 2.47. The van der Waals surface area contributed by atoms with E-state index in [1.165, 1.54) is 11.5 Å². The van der Waals surface area contributed by atoms with Crippen molar-refractivity contribution in [1.29, 1.82) is 0 Å². The monoisotopic (exact) mass is 236 g/mol. The Balaban J connectivity index is 2.91. The third-order valence-corrected chi connectivity index (χ3v) is 5.21. The van der Waals surface area contributed by atoms with Gasteiger partial charge in [-0.2, -0.15) is 0 Å². The Bertz CT molecular complexity index is 247. The fourth-order valence-electron chi connectivity index (χ4n) is 1.99. The normalized spacial score (nSPS) is 22.9. The highest BCUT2D eigenvalue weighted by Gasteiger charge is 2.47. The number of carbonyl (C=O) groups is 1. The second-order valence-electron chi connectivity index (χ2n) is 5.62. The zero-order valence-electron chi connectivity index (χ0n) is 11.2. The van der Waals surface area contributed by atoms with E-state index in [-0.39, 0.29) is 0 Å². The number of hydrogen-bond donors (Lipinski definition) is 0. The third-order valence-electron chi connectivity index (χ3n) is 3.16. The van der Waals surface area contributed by atoms with Crippen molar-refractivity contribution in [3.63, 3.8) is 0 Å². The predicted molar refractivity (Wildman–Crippen MR) is 70.9 cm³/mol. The van der Waals surface area contributed by atoms with Crippen LogP contribution in [0.15, 0.2) is 0 Å². The third kappa shape index (κ3) is 2.75. The first kappa shape index (κ1) is 13.9. The van der Waals surface area contributed by atoms with Crippen LogP contribution in [0.25, 0.3) is 0 Å². The first-order chi connectivity index (χ1) is 7.29. The largest absolute Gasteiger partial charge is 0.306 e. The van der Waals surface area contributed by atoms with E-state index in [1.807, 2.05) is 6.42 Å². The Morgan fingerprint density at radius 2 is 1.81 bits per heavy atom. The number of hydrogen-bond acceptors (Lipinski definition) is 2. The Kier molecular flexibility index (Phi) is 4.35. The molecule has 89 valence electrons. The Morgan fingerprint density at radius 3 is 2.19 bits per heavy atom. The molecule has 1 aliphatic rings. The summed E-state index contributed by atoms with van der Waals surface area (Å²) in [6.45, 7) is 9.13. The molecular weight excluding hydrogens is 214 g/mol. The summed E-state index contributed by atoms with van der Waals surface area (Å²) in [6.07, 6.45) is 5.10. The van der Waals surface area contributed by atoms with Gasteiger partial charge in [0, 0.05) is 12.0 Å². The lowest BCUT2D eigenvalue weighted by molar-refractivity contribution is -0.106. The van der Waals surface area contributed by atoms with Crippen molar-refractivity contribution in [2.24, 2.45) is 0 Å². The Hall–Kier alpha value is -0.153. The predicted octanol–water partition coefficient (Wildman–Crippen LogP) is 2.16. The molecule has 2 nitrogen and oxygen atoms in total. The number of nitrogens with zero attached hydrogens (tertiary/aromatic N) is 1. The molecule has 0 aromatic rings. The van der Waals surface area contributed by atoms with Crippen LogP contribution in [-0.4, -0.2) is 39.4 Å². The van der Waals surface area contributed by atoms with Gasteiger partial charge in [-0.1, -0.05) is 19.6 Å². The summed E-state index contributed by atoms with van der Waals surface area (Å²) < 4.78 is 0. The van der Waals surface area contributed by atoms with E-state index in [0.717, 1.165) is 12.2 Å². The minimum atomic E-state index is -1.37. The molecule has 0 N–H and O–H groups in total. The molecule has 3 heteroatoms. The van der Waals surface area contributed by atoms with Crippen molar-refractivity contribution in [2.75, 3.05) is 14.1 Å². The fraction of sp³-hybridized carbons (Fsp3) is 0.538. The van der Waals surface area contributed by atoms with Crippen molar-refractivity contribution in [1.82, 2.24) is 4.90 Å². The maximum atomic E-state index is 11.1. The van der Waals surface area contributed by atoms with Crippen LogP contribution < -0.4 is 0 Å². The molecule has 0 heterocycles. The molecule has 0 saturated heterocycles. The quantitative estimate of drug-likeness (QED) is 0.551. The molecule has 0 bridgehead atoms. The van der Waals surface area contributed by atoms with Gasteiger partial charge >= 0.3 is 0 Å². The average Bonchev–Trinajstić information content (AvgIpc) is 2.58. The van der Waals surface area contributed by atoms with Crippen molar-refractivity contribution in [3.8, 4) is 0 Å². The van der Waals surface area contributed by atoms with Gasteiger partial charge in [0.15, 0.2) is 0 Å². The van der Waals surface area contributed by atoms with Crippen LogP contribution in [-0.2, 0) is 4.79 Å². The van der Waals surface area contributed by atoms with Gasteiger partial charge in [-0.3, -0.25) is 0 Å². The lowest BCUT2D eigenvalue weighted by Gasteiger charge is -2.37. The molecule has 0 amide bonds. The van der Waals surface area contributed by atoms with E-state index in [2.05, 4.69) is 52.0 Å². The standard InChI is InChI=1S/C13H22NOSi/c1-10(14(2)3)13-11(9-15)7-8-12(13)16(4,5)6/h7-10H,1-6H3/t10-/m1/s1. The molecule has 1 fully saturated rings. The number of carbonyl (C=O) groups excluding carboxylic acids is 1. The van der Waals surface area contributed by atoms with E-state index in [1.54, 1.807) is 0 Å². The lowest BCUT2D eigenvalue weighted by atomic mass is 9.90. The number of aldehydes is 1. The van der Waals surface area contributed by atoms with Crippen LogP contribution in [0.2, 0.25) is 19.6 Å². The molecule has 1 aliphatic carbocycles. The Labute approximate surface area is 101 Å². The van der Waals surface area contributed by atoms with Crippen LogP contribution in [0.5, 0.6) is 0 Å². The second-order valence-corrected chi connectivity index (χ2v) is 10.7. The summed E-state index contributed by atoms with van der Waals surface area (Å²) in [5.41, 5.74) is 1.41. The highest BCUT2D eigenvalue weighted by molar-refractivity contribution is 6.83. The maximum Gasteiger partial charge on any atom is 0.128 e. The molecule has 0 aliphatic heterocycles.